The summed E-state index contributed by atoms with van der Waals surface area (Å²) in [6.45, 7) is 0. The molecular formula is C5H5N3O3. The number of amides is 1. The highest BCUT2D eigenvalue weighted by Crippen LogP contribution is 2.05. The topological polar surface area (TPSA) is 98.6 Å². The Morgan fingerprint density at radius 3 is 2.73 bits per heavy atom. The summed E-state index contributed by atoms with van der Waals surface area (Å²) in [5.41, 5.74) is 5.10. The fourth-order valence-corrected chi connectivity index (χ4v) is 0.713. The van der Waals surface area contributed by atoms with Crippen molar-refractivity contribution in [3.8, 4) is 0 Å². The Hall–Kier alpha value is -1.72. The van der Waals surface area contributed by atoms with Gasteiger partial charge in [0.15, 0.2) is 0 Å². The van der Waals surface area contributed by atoms with E-state index >= 15 is 0 Å². The molecule has 0 saturated carbocycles. The minimum absolute atomic E-state index is 0.0741. The van der Waals surface area contributed by atoms with Crippen LogP contribution in [0.2, 0.25) is 0 Å². The van der Waals surface area contributed by atoms with E-state index < -0.39 is 16.9 Å². The number of dihydropyridines is 1. The van der Waals surface area contributed by atoms with Gasteiger partial charge in [-0.25, -0.2) is 4.99 Å². The zero-order valence-electron chi connectivity index (χ0n) is 5.43. The first-order valence-electron chi connectivity index (χ1n) is 2.80. The molecule has 1 aliphatic heterocycles. The van der Waals surface area contributed by atoms with E-state index in [9.17, 15) is 14.9 Å². The summed E-state index contributed by atoms with van der Waals surface area (Å²) >= 11 is 0. The zero-order chi connectivity index (χ0) is 8.43. The van der Waals surface area contributed by atoms with Gasteiger partial charge in [-0.2, -0.15) is 0 Å². The third-order valence-corrected chi connectivity index (χ3v) is 1.23. The molecule has 6 nitrogen and oxygen atoms in total. The molecule has 0 aliphatic carbocycles. The van der Waals surface area contributed by atoms with Crippen LogP contribution in [0.5, 0.6) is 0 Å². The number of aliphatic imine (C=N–C) groups is 1. The van der Waals surface area contributed by atoms with Crippen molar-refractivity contribution in [2.24, 2.45) is 10.7 Å². The van der Waals surface area contributed by atoms with Gasteiger partial charge in [0.05, 0.1) is 5.70 Å². The summed E-state index contributed by atoms with van der Waals surface area (Å²) < 4.78 is 0. The third kappa shape index (κ3) is 1.23. The van der Waals surface area contributed by atoms with Crippen molar-refractivity contribution < 1.29 is 9.72 Å². The van der Waals surface area contributed by atoms with Crippen LogP contribution >= 0.6 is 0 Å². The van der Waals surface area contributed by atoms with Crippen LogP contribution in [0.4, 0.5) is 0 Å². The maximum atomic E-state index is 10.7. The molecule has 0 radical (unpaired) electrons. The summed E-state index contributed by atoms with van der Waals surface area (Å²) in [7, 11) is 0. The molecule has 0 spiro atoms. The smallest absolute Gasteiger partial charge is 0.330 e. The van der Waals surface area contributed by atoms with E-state index in [1.807, 2.05) is 0 Å². The first kappa shape index (κ1) is 7.39. The van der Waals surface area contributed by atoms with Gasteiger partial charge in [0, 0.05) is 11.1 Å². The lowest BCUT2D eigenvalue weighted by atomic mass is 10.2. The predicted molar refractivity (Wildman–Crippen MR) is 36.6 cm³/mol. The van der Waals surface area contributed by atoms with Crippen LogP contribution in [-0.4, -0.2) is 23.1 Å². The molecule has 1 amide bonds. The highest BCUT2D eigenvalue weighted by Gasteiger charge is 2.33. The lowest BCUT2D eigenvalue weighted by molar-refractivity contribution is -0.497. The average molecular weight is 155 g/mol. The standard InChI is InChI=1S/C5H5N3O3/c6-3-1-2-7-5(9)4(3)8(10)11/h1-2,4H,6H2. The SMILES string of the molecule is NC1=CC=NC(=O)C1[N+](=O)[O-]. The summed E-state index contributed by atoms with van der Waals surface area (Å²) in [6.07, 6.45) is 2.40. The van der Waals surface area contributed by atoms with Crippen molar-refractivity contribution in [2.45, 2.75) is 6.04 Å². The van der Waals surface area contributed by atoms with Crippen LogP contribution in [-0.2, 0) is 4.79 Å². The molecule has 1 heterocycles. The van der Waals surface area contributed by atoms with E-state index in [-0.39, 0.29) is 5.70 Å². The van der Waals surface area contributed by atoms with Crippen LogP contribution in [0.15, 0.2) is 16.8 Å². The average Bonchev–Trinajstić information content (AvgIpc) is 1.85. The number of carbonyl (C=O) groups is 1. The molecule has 0 aromatic carbocycles. The summed E-state index contributed by atoms with van der Waals surface area (Å²) in [5.74, 6) is -0.824. The molecule has 58 valence electrons. The Bertz CT molecular complexity index is 268. The van der Waals surface area contributed by atoms with Crippen LogP contribution in [0, 0.1) is 10.1 Å². The monoisotopic (exact) mass is 155 g/mol. The van der Waals surface area contributed by atoms with E-state index in [1.165, 1.54) is 6.08 Å². The molecule has 1 atom stereocenters. The van der Waals surface area contributed by atoms with E-state index in [0.717, 1.165) is 6.21 Å². The number of allylic oxidation sites excluding steroid dienone is 1. The number of nitro groups is 1. The Kier molecular flexibility index (Phi) is 1.67. The molecule has 1 unspecified atom stereocenters. The largest absolute Gasteiger partial charge is 0.396 e. The highest BCUT2D eigenvalue weighted by atomic mass is 16.6. The fourth-order valence-electron chi connectivity index (χ4n) is 0.713. The van der Waals surface area contributed by atoms with Crippen molar-refractivity contribution in [2.75, 3.05) is 0 Å². The molecule has 6 heteroatoms. The van der Waals surface area contributed by atoms with Gasteiger partial charge in [0.2, 0.25) is 0 Å². The molecule has 1 rings (SSSR count). The lowest BCUT2D eigenvalue weighted by Gasteiger charge is -2.07. The number of rotatable bonds is 1. The molecule has 11 heavy (non-hydrogen) atoms. The van der Waals surface area contributed by atoms with Gasteiger partial charge in [0.1, 0.15) is 0 Å². The quantitative estimate of drug-likeness (QED) is 0.391. The van der Waals surface area contributed by atoms with E-state index in [4.69, 9.17) is 5.73 Å². The second-order valence-corrected chi connectivity index (χ2v) is 1.97. The first-order valence-corrected chi connectivity index (χ1v) is 2.80. The maximum absolute atomic E-state index is 10.7. The van der Waals surface area contributed by atoms with Crippen molar-refractivity contribution in [1.29, 1.82) is 0 Å². The second kappa shape index (κ2) is 2.49. The van der Waals surface area contributed by atoms with Gasteiger partial charge in [0.25, 0.3) is 0 Å². The molecule has 0 fully saturated rings. The minimum Gasteiger partial charge on any atom is -0.396 e. The number of hydrogen-bond acceptors (Lipinski definition) is 4. The van der Waals surface area contributed by atoms with E-state index in [2.05, 4.69) is 4.99 Å². The van der Waals surface area contributed by atoms with Crippen molar-refractivity contribution in [1.82, 2.24) is 0 Å². The normalized spacial score (nSPS) is 23.1. The molecule has 0 bridgehead atoms. The number of nitrogens with zero attached hydrogens (tertiary/aromatic N) is 2. The Morgan fingerprint density at radius 2 is 2.36 bits per heavy atom. The Labute approximate surface area is 61.6 Å². The van der Waals surface area contributed by atoms with Gasteiger partial charge in [-0.3, -0.25) is 14.9 Å². The molecular weight excluding hydrogens is 150 g/mol. The third-order valence-electron chi connectivity index (χ3n) is 1.23. The van der Waals surface area contributed by atoms with Crippen molar-refractivity contribution in [3.63, 3.8) is 0 Å². The molecule has 1 aliphatic rings. The fraction of sp³-hybridized carbons (Fsp3) is 0.200. The highest BCUT2D eigenvalue weighted by molar-refractivity contribution is 5.96. The van der Waals surface area contributed by atoms with Gasteiger partial charge >= 0.3 is 11.9 Å². The maximum Gasteiger partial charge on any atom is 0.330 e. The first-order chi connectivity index (χ1) is 5.13. The summed E-state index contributed by atoms with van der Waals surface area (Å²) in [4.78, 5) is 23.3. The molecule has 0 aromatic rings. The van der Waals surface area contributed by atoms with Crippen LogP contribution in [0.25, 0.3) is 0 Å². The summed E-state index contributed by atoms with van der Waals surface area (Å²) in [5, 5.41) is 10.2. The molecule has 0 aromatic heterocycles. The number of nitrogens with two attached hydrogens (primary N) is 1. The molecule has 0 saturated heterocycles. The van der Waals surface area contributed by atoms with E-state index in [0.29, 0.717) is 0 Å². The minimum atomic E-state index is -1.49. The van der Waals surface area contributed by atoms with Gasteiger partial charge in [-0.05, 0) is 6.08 Å². The second-order valence-electron chi connectivity index (χ2n) is 1.97. The number of hydrogen-bond donors (Lipinski definition) is 1. The van der Waals surface area contributed by atoms with Gasteiger partial charge in [-0.15, -0.1) is 0 Å². The Morgan fingerprint density at radius 1 is 1.73 bits per heavy atom. The van der Waals surface area contributed by atoms with Crippen LogP contribution in [0.3, 0.4) is 0 Å². The number of carbonyl (C=O) groups excluding carboxylic acids is 1. The van der Waals surface area contributed by atoms with Crippen LogP contribution < -0.4 is 5.73 Å². The van der Waals surface area contributed by atoms with Crippen molar-refractivity contribution >= 4 is 12.1 Å². The molecule has 2 N–H and O–H groups in total. The van der Waals surface area contributed by atoms with Gasteiger partial charge in [-0.1, -0.05) is 0 Å². The zero-order valence-corrected chi connectivity index (χ0v) is 5.43. The van der Waals surface area contributed by atoms with Crippen molar-refractivity contribution in [3.05, 3.63) is 21.9 Å². The predicted octanol–water partition coefficient (Wildman–Crippen LogP) is -0.915. The van der Waals surface area contributed by atoms with Crippen LogP contribution in [0.1, 0.15) is 0 Å². The Balaban J connectivity index is 2.95. The summed E-state index contributed by atoms with van der Waals surface area (Å²) in [6, 6.07) is -1.49. The van der Waals surface area contributed by atoms with Gasteiger partial charge < -0.3 is 5.73 Å². The van der Waals surface area contributed by atoms with E-state index in [1.54, 1.807) is 0 Å². The lowest BCUT2D eigenvalue weighted by Crippen LogP contribution is -2.35.